The van der Waals surface area contributed by atoms with Crippen LogP contribution in [0.1, 0.15) is 32.1 Å². The monoisotopic (exact) mass is 412 g/mol. The van der Waals surface area contributed by atoms with E-state index < -0.39 is 11.2 Å². The first-order chi connectivity index (χ1) is 14.0. The van der Waals surface area contributed by atoms with Crippen molar-refractivity contribution in [1.82, 2.24) is 14.5 Å². The summed E-state index contributed by atoms with van der Waals surface area (Å²) in [5.41, 5.74) is 3.25. The maximum Gasteiger partial charge on any atom is 0.323 e. The van der Waals surface area contributed by atoms with Crippen molar-refractivity contribution in [2.45, 2.75) is 43.3 Å². The summed E-state index contributed by atoms with van der Waals surface area (Å²) in [6.07, 6.45) is 9.53. The lowest BCUT2D eigenvalue weighted by Crippen LogP contribution is -2.22. The van der Waals surface area contributed by atoms with Gasteiger partial charge in [-0.25, -0.2) is 9.37 Å². The number of nitrogens with one attached hydrogen (secondary N) is 1. The average molecular weight is 413 g/mol. The van der Waals surface area contributed by atoms with Crippen molar-refractivity contribution in [3.8, 4) is 22.5 Å². The van der Waals surface area contributed by atoms with Gasteiger partial charge in [-0.15, -0.1) is 0 Å². The van der Waals surface area contributed by atoms with Crippen molar-refractivity contribution in [3.05, 3.63) is 48.4 Å². The zero-order valence-electron chi connectivity index (χ0n) is 16.7. The molecule has 2 heterocycles. The highest BCUT2D eigenvalue weighted by Crippen LogP contribution is 2.34. The predicted octanol–water partition coefficient (Wildman–Crippen LogP) is 4.77. The van der Waals surface area contributed by atoms with Gasteiger partial charge in [0.15, 0.2) is 0 Å². The molecule has 4 rings (SSSR count). The standard InChI is InChI=1S/C22H25FN4OS/c1-27-21(16-12-13-24-19(14-16)25-18-6-4-3-5-7-18)20(26-22(27)29(2)28)15-8-10-17(23)11-9-15/h8-14,18H,3-7H2,1-2H3,(H,24,25). The third-order valence-corrected chi connectivity index (χ3v) is 6.30. The number of imidazole rings is 1. The van der Waals surface area contributed by atoms with Gasteiger partial charge >= 0.3 is 5.16 Å². The van der Waals surface area contributed by atoms with Gasteiger partial charge in [0.05, 0.1) is 5.69 Å². The zero-order valence-corrected chi connectivity index (χ0v) is 17.5. The second-order valence-electron chi connectivity index (χ2n) is 7.52. The van der Waals surface area contributed by atoms with E-state index >= 15 is 0 Å². The molecular weight excluding hydrogens is 387 g/mol. The molecule has 0 spiro atoms. The van der Waals surface area contributed by atoms with Crippen molar-refractivity contribution < 1.29 is 8.94 Å². The molecule has 3 aromatic rings. The molecule has 29 heavy (non-hydrogen) atoms. The topological polar surface area (TPSA) is 65.8 Å². The number of halogens is 1. The Kier molecular flexibility index (Phi) is 5.87. The summed E-state index contributed by atoms with van der Waals surface area (Å²) >= 11 is -1.25. The van der Waals surface area contributed by atoms with Crippen LogP contribution in [0.2, 0.25) is 0 Å². The first-order valence-electron chi connectivity index (χ1n) is 9.92. The van der Waals surface area contributed by atoms with Crippen LogP contribution in [0.3, 0.4) is 0 Å². The molecule has 1 unspecified atom stereocenters. The molecule has 0 amide bonds. The number of nitrogens with zero attached hydrogens (tertiary/aromatic N) is 3. The Morgan fingerprint density at radius 1 is 1.10 bits per heavy atom. The molecule has 0 bridgehead atoms. The molecule has 1 saturated carbocycles. The molecule has 1 N–H and O–H groups in total. The highest BCUT2D eigenvalue weighted by Gasteiger charge is 2.24. The Bertz CT molecular complexity index is 981. The molecule has 0 aliphatic heterocycles. The van der Waals surface area contributed by atoms with Gasteiger partial charge in [-0.05, 0) is 49.2 Å². The molecule has 1 fully saturated rings. The van der Waals surface area contributed by atoms with Crippen LogP contribution in [-0.4, -0.2) is 31.4 Å². The maximum atomic E-state index is 13.4. The Balaban J connectivity index is 1.75. The fourth-order valence-corrected chi connectivity index (χ4v) is 4.68. The summed E-state index contributed by atoms with van der Waals surface area (Å²) in [4.78, 5) is 9.12. The lowest BCUT2D eigenvalue weighted by atomic mass is 9.95. The van der Waals surface area contributed by atoms with Gasteiger partial charge < -0.3 is 9.87 Å². The Labute approximate surface area is 173 Å². The van der Waals surface area contributed by atoms with Crippen molar-refractivity contribution in [1.29, 1.82) is 0 Å². The number of anilines is 1. The first kappa shape index (κ1) is 19.9. The molecule has 2 aromatic heterocycles. The van der Waals surface area contributed by atoms with Crippen LogP contribution in [-0.2, 0) is 18.2 Å². The van der Waals surface area contributed by atoms with Crippen LogP contribution in [0.25, 0.3) is 22.5 Å². The number of hydrogen-bond donors (Lipinski definition) is 1. The van der Waals surface area contributed by atoms with Crippen molar-refractivity contribution in [2.24, 2.45) is 7.05 Å². The summed E-state index contributed by atoms with van der Waals surface area (Å²) < 4.78 is 27.5. The van der Waals surface area contributed by atoms with Gasteiger partial charge in [0.1, 0.15) is 23.6 Å². The Morgan fingerprint density at radius 2 is 1.83 bits per heavy atom. The SMILES string of the molecule is Cn1c([S+](C)[O-])nc(-c2ccc(F)cc2)c1-c1ccnc(NC2CCCCC2)c1. The van der Waals surface area contributed by atoms with E-state index in [0.29, 0.717) is 16.9 Å². The second kappa shape index (κ2) is 8.55. The largest absolute Gasteiger partial charge is 0.609 e. The van der Waals surface area contributed by atoms with Crippen LogP contribution >= 0.6 is 0 Å². The maximum absolute atomic E-state index is 13.4. The third-order valence-electron chi connectivity index (χ3n) is 5.42. The van der Waals surface area contributed by atoms with E-state index in [0.717, 1.165) is 35.5 Å². The summed E-state index contributed by atoms with van der Waals surface area (Å²) in [6, 6.07) is 10.6. The summed E-state index contributed by atoms with van der Waals surface area (Å²) in [6.45, 7) is 0. The number of hydrogen-bond acceptors (Lipinski definition) is 4. The van der Waals surface area contributed by atoms with E-state index in [2.05, 4.69) is 15.3 Å². The molecule has 1 aliphatic carbocycles. The predicted molar refractivity (Wildman–Crippen MR) is 115 cm³/mol. The molecule has 7 heteroatoms. The highest BCUT2D eigenvalue weighted by molar-refractivity contribution is 7.90. The van der Waals surface area contributed by atoms with Crippen molar-refractivity contribution in [2.75, 3.05) is 11.6 Å². The number of aromatic nitrogens is 3. The van der Waals surface area contributed by atoms with E-state index in [1.165, 1.54) is 31.4 Å². The Morgan fingerprint density at radius 3 is 2.52 bits per heavy atom. The fourth-order valence-electron chi connectivity index (χ4n) is 3.99. The second-order valence-corrected chi connectivity index (χ2v) is 8.79. The average Bonchev–Trinajstić information content (AvgIpc) is 3.07. The smallest absolute Gasteiger partial charge is 0.323 e. The molecule has 1 aromatic carbocycles. The summed E-state index contributed by atoms with van der Waals surface area (Å²) in [5.74, 6) is 0.535. The van der Waals surface area contributed by atoms with Gasteiger partial charge in [-0.3, -0.25) is 4.57 Å². The third kappa shape index (κ3) is 4.31. The highest BCUT2D eigenvalue weighted by atomic mass is 32.2. The van der Waals surface area contributed by atoms with Crippen LogP contribution in [0.5, 0.6) is 0 Å². The van der Waals surface area contributed by atoms with Crippen LogP contribution < -0.4 is 5.32 Å². The van der Waals surface area contributed by atoms with Crippen LogP contribution in [0.4, 0.5) is 10.2 Å². The number of rotatable bonds is 5. The van der Waals surface area contributed by atoms with E-state index in [4.69, 9.17) is 0 Å². The van der Waals surface area contributed by atoms with Crippen molar-refractivity contribution >= 4 is 17.0 Å². The molecule has 152 valence electrons. The van der Waals surface area contributed by atoms with E-state index in [9.17, 15) is 8.94 Å². The normalized spacial score (nSPS) is 16.0. The van der Waals surface area contributed by atoms with E-state index in [1.807, 2.05) is 23.7 Å². The van der Waals surface area contributed by atoms with Gasteiger partial charge in [-0.1, -0.05) is 19.3 Å². The minimum atomic E-state index is -1.25. The van der Waals surface area contributed by atoms with Crippen LogP contribution in [0, 0.1) is 5.82 Å². The molecule has 1 atom stereocenters. The van der Waals surface area contributed by atoms with Crippen molar-refractivity contribution in [3.63, 3.8) is 0 Å². The summed E-state index contributed by atoms with van der Waals surface area (Å²) in [5, 5.41) is 4.04. The quantitative estimate of drug-likeness (QED) is 0.613. The van der Waals surface area contributed by atoms with Gasteiger partial charge in [0, 0.05) is 41.6 Å². The molecule has 0 saturated heterocycles. The molecular formula is C22H25FN4OS. The molecule has 1 aliphatic rings. The lowest BCUT2D eigenvalue weighted by Gasteiger charge is -2.23. The summed E-state index contributed by atoms with van der Waals surface area (Å²) in [7, 11) is 1.86. The van der Waals surface area contributed by atoms with Crippen LogP contribution in [0.15, 0.2) is 47.8 Å². The van der Waals surface area contributed by atoms with E-state index in [-0.39, 0.29) is 5.82 Å². The lowest BCUT2D eigenvalue weighted by molar-refractivity contribution is 0.462. The zero-order chi connectivity index (χ0) is 20.4. The van der Waals surface area contributed by atoms with Gasteiger partial charge in [0.2, 0.25) is 0 Å². The number of benzene rings is 1. The first-order valence-corrected chi connectivity index (χ1v) is 11.5. The van der Waals surface area contributed by atoms with Gasteiger partial charge in [0.25, 0.3) is 0 Å². The minimum absolute atomic E-state index is 0.298. The van der Waals surface area contributed by atoms with Gasteiger partial charge in [-0.2, -0.15) is 4.98 Å². The number of pyridine rings is 1. The van der Waals surface area contributed by atoms with E-state index in [1.54, 1.807) is 24.6 Å². The Hall–Kier alpha value is -2.38. The molecule has 5 nitrogen and oxygen atoms in total. The molecule has 0 radical (unpaired) electrons. The minimum Gasteiger partial charge on any atom is -0.609 e. The fraction of sp³-hybridized carbons (Fsp3) is 0.364.